The Balaban J connectivity index is 2.31. The highest BCUT2D eigenvalue weighted by molar-refractivity contribution is 6.31. The summed E-state index contributed by atoms with van der Waals surface area (Å²) in [5.74, 6) is -0.213. The van der Waals surface area contributed by atoms with Crippen LogP contribution in [-0.4, -0.2) is 25.7 Å². The molecule has 1 aromatic carbocycles. The van der Waals surface area contributed by atoms with Crippen LogP contribution in [0.25, 0.3) is 0 Å². The summed E-state index contributed by atoms with van der Waals surface area (Å²) in [6.45, 7) is 5.22. The zero-order valence-electron chi connectivity index (χ0n) is 10.3. The molecule has 0 radical (unpaired) electrons. The first-order valence-corrected chi connectivity index (χ1v) is 6.13. The lowest BCUT2D eigenvalue weighted by Gasteiger charge is -2.08. The van der Waals surface area contributed by atoms with Gasteiger partial charge in [0.2, 0.25) is 0 Å². The first kappa shape index (κ1) is 14.0. The third kappa shape index (κ3) is 4.75. The monoisotopic (exact) mass is 255 g/mol. The molecule has 1 aromatic rings. The van der Waals surface area contributed by atoms with Crippen LogP contribution in [0.4, 0.5) is 0 Å². The van der Waals surface area contributed by atoms with E-state index in [1.165, 1.54) is 5.56 Å². The van der Waals surface area contributed by atoms with Crippen LogP contribution in [0.3, 0.4) is 0 Å². The van der Waals surface area contributed by atoms with E-state index in [-0.39, 0.29) is 12.5 Å². The third-order valence-electron chi connectivity index (χ3n) is 2.53. The summed E-state index contributed by atoms with van der Waals surface area (Å²) in [6, 6.07) is 5.87. The van der Waals surface area contributed by atoms with Crippen LogP contribution in [0.2, 0.25) is 5.02 Å². The van der Waals surface area contributed by atoms with E-state index in [1.807, 2.05) is 25.1 Å². The summed E-state index contributed by atoms with van der Waals surface area (Å²) in [7, 11) is 0. The summed E-state index contributed by atoms with van der Waals surface area (Å²) >= 11 is 6.02. The van der Waals surface area contributed by atoms with E-state index in [2.05, 4.69) is 5.32 Å². The molecule has 4 heteroatoms. The number of carbonyl (C=O) groups is 1. The van der Waals surface area contributed by atoms with E-state index in [9.17, 15) is 4.79 Å². The maximum Gasteiger partial charge on any atom is 0.319 e. The Kier molecular flexibility index (Phi) is 6.01. The lowest BCUT2D eigenvalue weighted by molar-refractivity contribution is -0.141. The van der Waals surface area contributed by atoms with Gasteiger partial charge in [-0.2, -0.15) is 0 Å². The second-order valence-electron chi connectivity index (χ2n) is 3.76. The van der Waals surface area contributed by atoms with Crippen molar-refractivity contribution >= 4 is 17.6 Å². The van der Waals surface area contributed by atoms with Crippen molar-refractivity contribution in [1.82, 2.24) is 5.32 Å². The number of esters is 1. The number of halogens is 1. The molecule has 0 aliphatic carbocycles. The Morgan fingerprint density at radius 2 is 2.24 bits per heavy atom. The minimum absolute atomic E-state index is 0.213. The maximum atomic E-state index is 11.1. The van der Waals surface area contributed by atoms with Gasteiger partial charge in [-0.1, -0.05) is 23.7 Å². The molecular formula is C13H18ClNO2. The van der Waals surface area contributed by atoms with Crippen LogP contribution in [0.1, 0.15) is 18.1 Å². The molecule has 0 bridgehead atoms. The zero-order chi connectivity index (χ0) is 12.7. The molecule has 0 saturated heterocycles. The molecule has 0 heterocycles. The fourth-order valence-electron chi connectivity index (χ4n) is 1.55. The Labute approximate surface area is 107 Å². The molecular weight excluding hydrogens is 238 g/mol. The van der Waals surface area contributed by atoms with E-state index < -0.39 is 0 Å². The van der Waals surface area contributed by atoms with Gasteiger partial charge in [0.05, 0.1) is 13.2 Å². The SMILES string of the molecule is CCOC(=O)CNCCc1cccc(Cl)c1C. The summed E-state index contributed by atoms with van der Waals surface area (Å²) in [6.07, 6.45) is 0.853. The van der Waals surface area contributed by atoms with Gasteiger partial charge in [-0.05, 0) is 44.0 Å². The molecule has 3 nitrogen and oxygen atoms in total. The molecule has 17 heavy (non-hydrogen) atoms. The predicted octanol–water partition coefficient (Wildman–Crippen LogP) is 2.34. The van der Waals surface area contributed by atoms with Gasteiger partial charge in [-0.15, -0.1) is 0 Å². The lowest BCUT2D eigenvalue weighted by atomic mass is 10.1. The number of hydrogen-bond acceptors (Lipinski definition) is 3. The van der Waals surface area contributed by atoms with Crippen molar-refractivity contribution in [1.29, 1.82) is 0 Å². The Bertz CT molecular complexity index is 380. The summed E-state index contributed by atoms with van der Waals surface area (Å²) in [5, 5.41) is 3.83. The number of hydrogen-bond donors (Lipinski definition) is 1. The fraction of sp³-hybridized carbons (Fsp3) is 0.462. The molecule has 0 fully saturated rings. The van der Waals surface area contributed by atoms with Crippen molar-refractivity contribution in [3.8, 4) is 0 Å². The molecule has 1 N–H and O–H groups in total. The highest BCUT2D eigenvalue weighted by atomic mass is 35.5. The third-order valence-corrected chi connectivity index (χ3v) is 2.94. The van der Waals surface area contributed by atoms with Crippen LogP contribution in [0, 0.1) is 6.92 Å². The highest BCUT2D eigenvalue weighted by Crippen LogP contribution is 2.18. The average molecular weight is 256 g/mol. The molecule has 0 aliphatic heterocycles. The van der Waals surface area contributed by atoms with Crippen molar-refractivity contribution in [2.75, 3.05) is 19.7 Å². The molecule has 0 unspecified atom stereocenters. The van der Waals surface area contributed by atoms with Crippen LogP contribution in [0.5, 0.6) is 0 Å². The van der Waals surface area contributed by atoms with Gasteiger partial charge >= 0.3 is 5.97 Å². The summed E-state index contributed by atoms with van der Waals surface area (Å²) in [4.78, 5) is 11.1. The number of benzene rings is 1. The minimum Gasteiger partial charge on any atom is -0.465 e. The van der Waals surface area contributed by atoms with Crippen molar-refractivity contribution in [3.05, 3.63) is 34.3 Å². The summed E-state index contributed by atoms with van der Waals surface area (Å²) in [5.41, 5.74) is 2.31. The van der Waals surface area contributed by atoms with E-state index in [0.29, 0.717) is 6.61 Å². The van der Waals surface area contributed by atoms with E-state index >= 15 is 0 Å². The second-order valence-corrected chi connectivity index (χ2v) is 4.16. The van der Waals surface area contributed by atoms with E-state index in [4.69, 9.17) is 16.3 Å². The molecule has 0 aliphatic rings. The van der Waals surface area contributed by atoms with Crippen molar-refractivity contribution in [3.63, 3.8) is 0 Å². The van der Waals surface area contributed by atoms with Crippen LogP contribution in [0.15, 0.2) is 18.2 Å². The highest BCUT2D eigenvalue weighted by Gasteiger charge is 2.03. The molecule has 0 aromatic heterocycles. The molecule has 0 atom stereocenters. The number of rotatable bonds is 6. The first-order valence-electron chi connectivity index (χ1n) is 5.75. The normalized spacial score (nSPS) is 10.3. The standard InChI is InChI=1S/C13H18ClNO2/c1-3-17-13(16)9-15-8-7-11-5-4-6-12(14)10(11)2/h4-6,15H,3,7-9H2,1-2H3. The van der Waals surface area contributed by atoms with E-state index in [0.717, 1.165) is 23.6 Å². The minimum atomic E-state index is -0.213. The lowest BCUT2D eigenvalue weighted by Crippen LogP contribution is -2.26. The van der Waals surface area contributed by atoms with Gasteiger partial charge in [-0.3, -0.25) is 4.79 Å². The quantitative estimate of drug-likeness (QED) is 0.626. The van der Waals surface area contributed by atoms with Gasteiger partial charge in [0.25, 0.3) is 0 Å². The molecule has 0 amide bonds. The second kappa shape index (κ2) is 7.30. The molecule has 94 valence electrons. The van der Waals surface area contributed by atoms with Crippen molar-refractivity contribution in [2.45, 2.75) is 20.3 Å². The molecule has 1 rings (SSSR count). The maximum absolute atomic E-state index is 11.1. The average Bonchev–Trinajstić information content (AvgIpc) is 2.30. The predicted molar refractivity (Wildman–Crippen MR) is 69.4 cm³/mol. The van der Waals surface area contributed by atoms with Gasteiger partial charge in [0.15, 0.2) is 0 Å². The molecule has 0 saturated carbocycles. The zero-order valence-corrected chi connectivity index (χ0v) is 11.0. The van der Waals surface area contributed by atoms with Crippen molar-refractivity contribution in [2.24, 2.45) is 0 Å². The van der Waals surface area contributed by atoms with Gasteiger partial charge in [0.1, 0.15) is 0 Å². The number of carbonyl (C=O) groups excluding carboxylic acids is 1. The molecule has 0 spiro atoms. The van der Waals surface area contributed by atoms with Crippen LogP contribution in [-0.2, 0) is 16.0 Å². The van der Waals surface area contributed by atoms with Gasteiger partial charge in [-0.25, -0.2) is 0 Å². The largest absolute Gasteiger partial charge is 0.465 e. The fourth-order valence-corrected chi connectivity index (χ4v) is 1.74. The Hall–Kier alpha value is -1.06. The number of ether oxygens (including phenoxy) is 1. The van der Waals surface area contributed by atoms with Crippen LogP contribution >= 0.6 is 11.6 Å². The number of nitrogens with one attached hydrogen (secondary N) is 1. The van der Waals surface area contributed by atoms with Gasteiger partial charge < -0.3 is 10.1 Å². The first-order chi connectivity index (χ1) is 8.15. The van der Waals surface area contributed by atoms with Crippen molar-refractivity contribution < 1.29 is 9.53 Å². The Morgan fingerprint density at radius 3 is 2.94 bits per heavy atom. The van der Waals surface area contributed by atoms with Crippen LogP contribution < -0.4 is 5.32 Å². The van der Waals surface area contributed by atoms with Gasteiger partial charge in [0, 0.05) is 5.02 Å². The topological polar surface area (TPSA) is 38.3 Å². The summed E-state index contributed by atoms with van der Waals surface area (Å²) < 4.78 is 4.81. The smallest absolute Gasteiger partial charge is 0.319 e. The Morgan fingerprint density at radius 1 is 1.47 bits per heavy atom. The van der Waals surface area contributed by atoms with E-state index in [1.54, 1.807) is 6.92 Å².